The molecular formula is C26H28FNO5. The molecule has 174 valence electrons. The van der Waals surface area contributed by atoms with Crippen LogP contribution in [0.2, 0.25) is 0 Å². The van der Waals surface area contributed by atoms with Crippen molar-refractivity contribution in [1.82, 2.24) is 4.98 Å². The molecule has 2 aromatic carbocycles. The Morgan fingerprint density at radius 2 is 1.61 bits per heavy atom. The van der Waals surface area contributed by atoms with E-state index in [1.54, 1.807) is 32.4 Å². The largest absolute Gasteiger partial charge is 0.493 e. The molecule has 7 heteroatoms. The van der Waals surface area contributed by atoms with Gasteiger partial charge in [0.2, 0.25) is 5.75 Å². The summed E-state index contributed by atoms with van der Waals surface area (Å²) in [5, 5.41) is 9.88. The predicted molar refractivity (Wildman–Crippen MR) is 124 cm³/mol. The molecule has 0 saturated carbocycles. The van der Waals surface area contributed by atoms with E-state index in [1.807, 2.05) is 26.0 Å². The average Bonchev–Trinajstić information content (AvgIpc) is 2.81. The molecule has 33 heavy (non-hydrogen) atoms. The van der Waals surface area contributed by atoms with Crippen LogP contribution in [0.3, 0.4) is 0 Å². The van der Waals surface area contributed by atoms with E-state index in [2.05, 4.69) is 0 Å². The van der Waals surface area contributed by atoms with Crippen molar-refractivity contribution in [2.75, 3.05) is 21.3 Å². The number of carboxylic acids is 1. The van der Waals surface area contributed by atoms with Crippen LogP contribution in [0, 0.1) is 5.82 Å². The van der Waals surface area contributed by atoms with Crippen LogP contribution in [0.15, 0.2) is 42.5 Å². The van der Waals surface area contributed by atoms with Gasteiger partial charge in [0.25, 0.3) is 0 Å². The molecule has 0 amide bonds. The Bertz CT molecular complexity index is 1130. The molecule has 0 aliphatic rings. The highest BCUT2D eigenvalue weighted by atomic mass is 19.1. The van der Waals surface area contributed by atoms with E-state index < -0.39 is 11.8 Å². The van der Waals surface area contributed by atoms with Crippen molar-refractivity contribution >= 4 is 5.97 Å². The van der Waals surface area contributed by atoms with E-state index in [1.165, 1.54) is 19.2 Å². The van der Waals surface area contributed by atoms with E-state index in [0.29, 0.717) is 52.6 Å². The molecule has 3 aromatic rings. The van der Waals surface area contributed by atoms with Gasteiger partial charge in [-0.1, -0.05) is 32.0 Å². The number of hydrogen-bond donors (Lipinski definition) is 1. The molecule has 0 atom stereocenters. The van der Waals surface area contributed by atoms with Gasteiger partial charge in [0.05, 0.1) is 38.3 Å². The highest BCUT2D eigenvalue weighted by Gasteiger charge is 2.21. The van der Waals surface area contributed by atoms with Gasteiger partial charge in [-0.3, -0.25) is 4.98 Å². The monoisotopic (exact) mass is 453 g/mol. The van der Waals surface area contributed by atoms with E-state index in [0.717, 1.165) is 5.56 Å². The molecule has 1 N–H and O–H groups in total. The number of aromatic nitrogens is 1. The Morgan fingerprint density at radius 3 is 2.12 bits per heavy atom. The maximum absolute atomic E-state index is 14.5. The molecule has 0 fully saturated rings. The first-order valence-corrected chi connectivity index (χ1v) is 10.6. The zero-order valence-corrected chi connectivity index (χ0v) is 19.4. The number of carboxylic acid groups (broad SMARTS) is 1. The molecule has 0 bridgehead atoms. The summed E-state index contributed by atoms with van der Waals surface area (Å²) in [5.74, 6) is -0.00289. The van der Waals surface area contributed by atoms with Crippen molar-refractivity contribution < 1.29 is 28.5 Å². The summed E-state index contributed by atoms with van der Waals surface area (Å²) in [6.45, 7) is 3.91. The smallest absolute Gasteiger partial charge is 0.337 e. The van der Waals surface area contributed by atoms with Crippen molar-refractivity contribution in [3.8, 4) is 28.4 Å². The van der Waals surface area contributed by atoms with Gasteiger partial charge < -0.3 is 19.3 Å². The SMILES string of the molecule is COc1cc(CCc2nc(C(C)C)c(-c3ccccc3F)cc2C(=O)O)cc(OC)c1OC. The van der Waals surface area contributed by atoms with Crippen molar-refractivity contribution in [3.05, 3.63) is 70.8 Å². The van der Waals surface area contributed by atoms with Gasteiger partial charge in [0, 0.05) is 11.1 Å². The first kappa shape index (κ1) is 24.0. The quantitative estimate of drug-likeness (QED) is 0.460. The van der Waals surface area contributed by atoms with Gasteiger partial charge >= 0.3 is 5.97 Å². The second-order valence-corrected chi connectivity index (χ2v) is 7.89. The summed E-state index contributed by atoms with van der Waals surface area (Å²) in [5.41, 5.74) is 2.88. The first-order chi connectivity index (χ1) is 15.8. The fraction of sp³-hybridized carbons (Fsp3) is 0.308. The van der Waals surface area contributed by atoms with Gasteiger partial charge in [-0.15, -0.1) is 0 Å². The third-order valence-corrected chi connectivity index (χ3v) is 5.45. The Hall–Kier alpha value is -3.61. The van der Waals surface area contributed by atoms with E-state index in [-0.39, 0.29) is 11.5 Å². The zero-order valence-electron chi connectivity index (χ0n) is 19.4. The molecule has 1 aromatic heterocycles. The van der Waals surface area contributed by atoms with Crippen molar-refractivity contribution in [3.63, 3.8) is 0 Å². The topological polar surface area (TPSA) is 77.9 Å². The highest BCUT2D eigenvalue weighted by Crippen LogP contribution is 2.38. The van der Waals surface area contributed by atoms with E-state index in [4.69, 9.17) is 19.2 Å². The second-order valence-electron chi connectivity index (χ2n) is 7.89. The fourth-order valence-electron chi connectivity index (χ4n) is 3.82. The number of carbonyl (C=O) groups is 1. The third kappa shape index (κ3) is 5.08. The van der Waals surface area contributed by atoms with E-state index >= 15 is 0 Å². The van der Waals surface area contributed by atoms with Crippen LogP contribution in [-0.4, -0.2) is 37.4 Å². The van der Waals surface area contributed by atoms with Gasteiger partial charge in [0.15, 0.2) is 11.5 Å². The van der Waals surface area contributed by atoms with Crippen LogP contribution in [-0.2, 0) is 12.8 Å². The fourth-order valence-corrected chi connectivity index (χ4v) is 3.82. The van der Waals surface area contributed by atoms with Gasteiger partial charge in [-0.05, 0) is 48.6 Å². The molecule has 0 aliphatic heterocycles. The number of ether oxygens (including phenoxy) is 3. The summed E-state index contributed by atoms with van der Waals surface area (Å²) in [7, 11) is 4.62. The number of benzene rings is 2. The van der Waals surface area contributed by atoms with E-state index in [9.17, 15) is 14.3 Å². The maximum Gasteiger partial charge on any atom is 0.337 e. The molecule has 3 rings (SSSR count). The predicted octanol–water partition coefficient (Wildman–Crippen LogP) is 5.52. The number of nitrogens with zero attached hydrogens (tertiary/aromatic N) is 1. The maximum atomic E-state index is 14.5. The number of pyridine rings is 1. The van der Waals surface area contributed by atoms with Gasteiger partial charge in [-0.2, -0.15) is 0 Å². The van der Waals surface area contributed by atoms with Crippen molar-refractivity contribution in [2.45, 2.75) is 32.6 Å². The number of aromatic carboxylic acids is 1. The lowest BCUT2D eigenvalue weighted by atomic mass is 9.93. The van der Waals surface area contributed by atoms with Crippen LogP contribution < -0.4 is 14.2 Å². The normalized spacial score (nSPS) is 10.9. The second kappa shape index (κ2) is 10.3. The summed E-state index contributed by atoms with van der Waals surface area (Å²) < 4.78 is 30.7. The Balaban J connectivity index is 2.04. The molecule has 0 radical (unpaired) electrons. The minimum absolute atomic E-state index is 0.0256. The summed E-state index contributed by atoms with van der Waals surface area (Å²) in [4.78, 5) is 16.8. The Morgan fingerprint density at radius 1 is 0.970 bits per heavy atom. The molecule has 0 aliphatic carbocycles. The lowest BCUT2D eigenvalue weighted by molar-refractivity contribution is 0.0695. The first-order valence-electron chi connectivity index (χ1n) is 10.6. The number of halogens is 1. The number of hydrogen-bond acceptors (Lipinski definition) is 5. The standard InChI is InChI=1S/C26H28FNO5/c1-15(2)24-18(17-8-6-7-9-20(17)27)14-19(26(29)30)21(28-24)11-10-16-12-22(31-3)25(33-5)23(13-16)32-4/h6-9,12-15H,10-11H2,1-5H3,(H,29,30). The minimum Gasteiger partial charge on any atom is -0.493 e. The number of aryl methyl sites for hydroxylation is 2. The third-order valence-electron chi connectivity index (χ3n) is 5.45. The number of methoxy groups -OCH3 is 3. The molecule has 0 saturated heterocycles. The highest BCUT2D eigenvalue weighted by molar-refractivity contribution is 5.91. The molecular weight excluding hydrogens is 425 g/mol. The van der Waals surface area contributed by atoms with Crippen LogP contribution in [0.5, 0.6) is 17.2 Å². The average molecular weight is 454 g/mol. The lowest BCUT2D eigenvalue weighted by Gasteiger charge is -2.17. The van der Waals surface area contributed by atoms with Crippen LogP contribution in [0.25, 0.3) is 11.1 Å². The molecule has 0 spiro atoms. The summed E-state index contributed by atoms with van der Waals surface area (Å²) >= 11 is 0. The summed E-state index contributed by atoms with van der Waals surface area (Å²) in [6.07, 6.45) is 0.873. The zero-order chi connectivity index (χ0) is 24.1. The molecule has 0 unspecified atom stereocenters. The summed E-state index contributed by atoms with van der Waals surface area (Å²) in [6, 6.07) is 11.5. The Kier molecular flexibility index (Phi) is 7.53. The van der Waals surface area contributed by atoms with Crippen molar-refractivity contribution in [1.29, 1.82) is 0 Å². The lowest BCUT2D eigenvalue weighted by Crippen LogP contribution is -2.11. The van der Waals surface area contributed by atoms with Gasteiger partial charge in [-0.25, -0.2) is 9.18 Å². The number of rotatable bonds is 9. The van der Waals surface area contributed by atoms with Crippen molar-refractivity contribution in [2.24, 2.45) is 0 Å². The van der Waals surface area contributed by atoms with Crippen LogP contribution in [0.4, 0.5) is 4.39 Å². The Labute approximate surface area is 193 Å². The van der Waals surface area contributed by atoms with Gasteiger partial charge in [0.1, 0.15) is 5.82 Å². The van der Waals surface area contributed by atoms with Crippen LogP contribution >= 0.6 is 0 Å². The molecule has 1 heterocycles. The minimum atomic E-state index is -1.10. The van der Waals surface area contributed by atoms with Crippen LogP contribution in [0.1, 0.15) is 47.1 Å². The molecule has 6 nitrogen and oxygen atoms in total.